The summed E-state index contributed by atoms with van der Waals surface area (Å²) in [5.74, 6) is 0.268. The predicted molar refractivity (Wildman–Crippen MR) is 41.7 cm³/mol. The van der Waals surface area contributed by atoms with Gasteiger partial charge in [0.15, 0.2) is 0 Å². The van der Waals surface area contributed by atoms with Crippen molar-refractivity contribution in [1.29, 1.82) is 5.26 Å². The molecule has 1 saturated carbocycles. The van der Waals surface area contributed by atoms with Gasteiger partial charge in [-0.2, -0.15) is 5.26 Å². The van der Waals surface area contributed by atoms with Crippen LogP contribution in [0.3, 0.4) is 0 Å². The first-order valence-electron chi connectivity index (χ1n) is 3.97. The molecule has 0 spiro atoms. The van der Waals surface area contributed by atoms with Crippen molar-refractivity contribution in [2.75, 3.05) is 0 Å². The van der Waals surface area contributed by atoms with Crippen LogP contribution < -0.4 is 0 Å². The highest BCUT2D eigenvalue weighted by atomic mass is 16.1. The van der Waals surface area contributed by atoms with Crippen LogP contribution in [-0.4, -0.2) is 5.78 Å². The van der Waals surface area contributed by atoms with Crippen LogP contribution in [0.2, 0.25) is 0 Å². The quantitative estimate of drug-likeness (QED) is 0.574. The summed E-state index contributed by atoms with van der Waals surface area (Å²) >= 11 is 0. The number of rotatable bonds is 1. The van der Waals surface area contributed by atoms with E-state index in [9.17, 15) is 4.79 Å². The summed E-state index contributed by atoms with van der Waals surface area (Å²) in [5.41, 5.74) is 0.0623. The van der Waals surface area contributed by atoms with E-state index in [1.54, 1.807) is 0 Å². The molecule has 1 atom stereocenters. The fraction of sp³-hybridized carbons (Fsp3) is 0.778. The Balaban J connectivity index is 2.74. The zero-order chi connectivity index (χ0) is 8.48. The zero-order valence-corrected chi connectivity index (χ0v) is 7.05. The smallest absolute Gasteiger partial charge is 0.137 e. The van der Waals surface area contributed by atoms with Gasteiger partial charge in [-0.25, -0.2) is 0 Å². The predicted octanol–water partition coefficient (Wildman–Crippen LogP) is 1.91. The molecule has 11 heavy (non-hydrogen) atoms. The number of nitrogens with zero attached hydrogens (tertiary/aromatic N) is 1. The normalized spacial score (nSPS) is 28.5. The number of ketones is 1. The molecule has 0 aromatic rings. The van der Waals surface area contributed by atoms with Gasteiger partial charge in [-0.05, 0) is 11.8 Å². The van der Waals surface area contributed by atoms with Gasteiger partial charge in [0.05, 0.1) is 6.07 Å². The van der Waals surface area contributed by atoms with Gasteiger partial charge >= 0.3 is 0 Å². The Morgan fingerprint density at radius 3 is 2.73 bits per heavy atom. The molecule has 0 amide bonds. The molecule has 1 rings (SSSR count). The topological polar surface area (TPSA) is 40.9 Å². The molecule has 1 aliphatic rings. The summed E-state index contributed by atoms with van der Waals surface area (Å²) in [7, 11) is 0. The third-order valence-corrected chi connectivity index (χ3v) is 2.64. The van der Waals surface area contributed by atoms with E-state index in [1.165, 1.54) is 0 Å². The van der Waals surface area contributed by atoms with E-state index in [0.717, 1.165) is 6.42 Å². The van der Waals surface area contributed by atoms with Gasteiger partial charge in [-0.15, -0.1) is 0 Å². The standard InChI is InChI=1S/C9H13NO/c1-9(2)5-3-8(11)7(9)4-6-10/h7H,3-5H2,1-2H3. The summed E-state index contributed by atoms with van der Waals surface area (Å²) in [6.07, 6.45) is 2.00. The number of carbonyl (C=O) groups is 1. The van der Waals surface area contributed by atoms with Crippen molar-refractivity contribution < 1.29 is 4.79 Å². The monoisotopic (exact) mass is 151 g/mol. The van der Waals surface area contributed by atoms with Crippen LogP contribution in [0, 0.1) is 22.7 Å². The molecule has 0 heterocycles. The first-order valence-corrected chi connectivity index (χ1v) is 3.97. The lowest BCUT2D eigenvalue weighted by molar-refractivity contribution is -0.121. The minimum Gasteiger partial charge on any atom is -0.299 e. The molecule has 2 nitrogen and oxygen atoms in total. The molecule has 0 N–H and O–H groups in total. The van der Waals surface area contributed by atoms with Crippen molar-refractivity contribution in [2.24, 2.45) is 11.3 Å². The Morgan fingerprint density at radius 2 is 2.36 bits per heavy atom. The maximum absolute atomic E-state index is 11.2. The van der Waals surface area contributed by atoms with E-state index in [4.69, 9.17) is 5.26 Å². The van der Waals surface area contributed by atoms with Gasteiger partial charge in [-0.3, -0.25) is 4.79 Å². The molecule has 1 aliphatic carbocycles. The van der Waals surface area contributed by atoms with Gasteiger partial charge in [0.25, 0.3) is 0 Å². The fourth-order valence-electron chi connectivity index (χ4n) is 1.71. The van der Waals surface area contributed by atoms with Crippen LogP contribution in [-0.2, 0) is 4.79 Å². The Kier molecular flexibility index (Phi) is 1.99. The Hall–Kier alpha value is -0.840. The summed E-state index contributed by atoms with van der Waals surface area (Å²) in [5, 5.41) is 8.47. The van der Waals surface area contributed by atoms with Crippen LogP contribution >= 0.6 is 0 Å². The van der Waals surface area contributed by atoms with Crippen LogP contribution in [0.4, 0.5) is 0 Å². The number of hydrogen-bond donors (Lipinski definition) is 0. The van der Waals surface area contributed by atoms with Gasteiger partial charge in [0, 0.05) is 18.8 Å². The van der Waals surface area contributed by atoms with E-state index in [1.807, 2.05) is 0 Å². The van der Waals surface area contributed by atoms with Gasteiger partial charge in [0.1, 0.15) is 5.78 Å². The van der Waals surface area contributed by atoms with Crippen molar-refractivity contribution in [3.63, 3.8) is 0 Å². The van der Waals surface area contributed by atoms with E-state index < -0.39 is 0 Å². The molecule has 0 aromatic carbocycles. The SMILES string of the molecule is CC1(C)CCC(=O)C1CC#N. The maximum Gasteiger partial charge on any atom is 0.137 e. The second-order valence-corrected chi connectivity index (χ2v) is 3.87. The Labute approximate surface area is 67.2 Å². The maximum atomic E-state index is 11.2. The Bertz CT molecular complexity index is 212. The van der Waals surface area contributed by atoms with Gasteiger partial charge < -0.3 is 0 Å². The van der Waals surface area contributed by atoms with E-state index >= 15 is 0 Å². The zero-order valence-electron chi connectivity index (χ0n) is 7.05. The van der Waals surface area contributed by atoms with Crippen LogP contribution in [0.25, 0.3) is 0 Å². The van der Waals surface area contributed by atoms with E-state index in [-0.39, 0.29) is 17.1 Å². The van der Waals surface area contributed by atoms with Crippen LogP contribution in [0.5, 0.6) is 0 Å². The molecule has 0 saturated heterocycles. The average Bonchev–Trinajstić information content (AvgIpc) is 2.16. The summed E-state index contributed by atoms with van der Waals surface area (Å²) in [6.45, 7) is 4.14. The highest BCUT2D eigenvalue weighted by Crippen LogP contribution is 2.41. The molecule has 0 radical (unpaired) electrons. The molecular formula is C9H13NO. The molecular weight excluding hydrogens is 138 g/mol. The lowest BCUT2D eigenvalue weighted by Crippen LogP contribution is -2.21. The van der Waals surface area contributed by atoms with Crippen molar-refractivity contribution in [3.05, 3.63) is 0 Å². The molecule has 0 bridgehead atoms. The number of Topliss-reactive ketones (excluding diaryl/α,β-unsaturated/α-hetero) is 1. The van der Waals surface area contributed by atoms with Crippen molar-refractivity contribution in [3.8, 4) is 6.07 Å². The van der Waals surface area contributed by atoms with Gasteiger partial charge in [-0.1, -0.05) is 13.8 Å². The minimum absolute atomic E-state index is 0.00694. The third kappa shape index (κ3) is 1.42. The molecule has 0 aliphatic heterocycles. The fourth-order valence-corrected chi connectivity index (χ4v) is 1.71. The molecule has 1 fully saturated rings. The van der Waals surface area contributed by atoms with Gasteiger partial charge in [0.2, 0.25) is 0 Å². The minimum atomic E-state index is -0.00694. The first-order chi connectivity index (χ1) is 5.08. The highest BCUT2D eigenvalue weighted by Gasteiger charge is 2.40. The Morgan fingerprint density at radius 1 is 1.73 bits per heavy atom. The lowest BCUT2D eigenvalue weighted by atomic mass is 9.80. The molecule has 2 heteroatoms. The second kappa shape index (κ2) is 2.65. The number of nitriles is 1. The summed E-state index contributed by atoms with van der Waals surface area (Å²) < 4.78 is 0. The summed E-state index contributed by atoms with van der Waals surface area (Å²) in [4.78, 5) is 11.2. The molecule has 1 unspecified atom stereocenters. The molecule has 0 aromatic heterocycles. The highest BCUT2D eigenvalue weighted by molar-refractivity contribution is 5.84. The van der Waals surface area contributed by atoms with Crippen molar-refractivity contribution in [2.45, 2.75) is 33.1 Å². The largest absolute Gasteiger partial charge is 0.299 e. The third-order valence-electron chi connectivity index (χ3n) is 2.64. The lowest BCUT2D eigenvalue weighted by Gasteiger charge is -2.22. The summed E-state index contributed by atoms with van der Waals surface area (Å²) in [6, 6.07) is 2.07. The average molecular weight is 151 g/mol. The number of carbonyl (C=O) groups excluding carboxylic acids is 1. The first kappa shape index (κ1) is 8.26. The second-order valence-electron chi connectivity index (χ2n) is 3.87. The number of hydrogen-bond acceptors (Lipinski definition) is 2. The van der Waals surface area contributed by atoms with Crippen molar-refractivity contribution >= 4 is 5.78 Å². The van der Waals surface area contributed by atoms with E-state index in [0.29, 0.717) is 12.8 Å². The van der Waals surface area contributed by atoms with E-state index in [2.05, 4.69) is 19.9 Å². The van der Waals surface area contributed by atoms with Crippen LogP contribution in [0.1, 0.15) is 33.1 Å². The molecule has 60 valence electrons. The van der Waals surface area contributed by atoms with Crippen LogP contribution in [0.15, 0.2) is 0 Å². The van der Waals surface area contributed by atoms with Crippen molar-refractivity contribution in [1.82, 2.24) is 0 Å².